The number of rotatable bonds is 2. The minimum absolute atomic E-state index is 0.340. The van der Waals surface area contributed by atoms with Crippen molar-refractivity contribution in [2.75, 3.05) is 43.6 Å². The molecule has 0 aromatic carbocycles. The molecule has 0 radical (unpaired) electrons. The number of aromatic nitrogens is 6. The summed E-state index contributed by atoms with van der Waals surface area (Å²) in [6, 6.07) is 0. The van der Waals surface area contributed by atoms with Crippen molar-refractivity contribution in [1.82, 2.24) is 29.5 Å². The Morgan fingerprint density at radius 3 is 2.68 bits per heavy atom. The van der Waals surface area contributed by atoms with Gasteiger partial charge >= 0.3 is 0 Å². The van der Waals surface area contributed by atoms with Gasteiger partial charge in [0.25, 0.3) is 0 Å². The van der Waals surface area contributed by atoms with Crippen molar-refractivity contribution in [2.45, 2.75) is 24.9 Å². The van der Waals surface area contributed by atoms with E-state index in [-0.39, 0.29) is 5.60 Å². The van der Waals surface area contributed by atoms with E-state index in [1.165, 1.54) is 5.56 Å². The Kier molecular flexibility index (Phi) is 3.94. The zero-order valence-electron chi connectivity index (χ0n) is 16.5. The molecule has 1 spiro atoms. The van der Waals surface area contributed by atoms with Gasteiger partial charge in [0.2, 0.25) is 11.9 Å². The van der Waals surface area contributed by atoms with Crippen molar-refractivity contribution in [3.05, 3.63) is 30.0 Å². The van der Waals surface area contributed by atoms with E-state index in [1.807, 2.05) is 43.0 Å². The van der Waals surface area contributed by atoms with Gasteiger partial charge in [-0.2, -0.15) is 4.98 Å². The van der Waals surface area contributed by atoms with Crippen LogP contribution in [0.5, 0.6) is 0 Å². The van der Waals surface area contributed by atoms with E-state index in [9.17, 15) is 0 Å². The van der Waals surface area contributed by atoms with Crippen LogP contribution in [0.1, 0.15) is 24.1 Å². The summed E-state index contributed by atoms with van der Waals surface area (Å²) in [7, 11) is 5.88. The highest BCUT2D eigenvalue weighted by Gasteiger charge is 2.43. The molecule has 3 aromatic heterocycles. The number of fused-ring (bicyclic) bond motifs is 3. The molecule has 0 saturated carbocycles. The molecule has 3 aromatic rings. The molecule has 0 aliphatic carbocycles. The molecule has 0 amide bonds. The van der Waals surface area contributed by atoms with Crippen LogP contribution in [-0.2, 0) is 23.8 Å². The van der Waals surface area contributed by atoms with Crippen LogP contribution in [0.15, 0.2) is 18.7 Å². The molecule has 28 heavy (non-hydrogen) atoms. The number of ether oxygens (including phenoxy) is 1. The Balaban J connectivity index is 1.41. The van der Waals surface area contributed by atoms with E-state index < -0.39 is 0 Å². The number of nitrogens with zero attached hydrogens (tertiary/aromatic N) is 8. The molecule has 0 atom stereocenters. The van der Waals surface area contributed by atoms with Crippen LogP contribution < -0.4 is 9.80 Å². The summed E-state index contributed by atoms with van der Waals surface area (Å²) in [5.41, 5.74) is 3.59. The first kappa shape index (κ1) is 17.3. The van der Waals surface area contributed by atoms with Crippen LogP contribution in [0, 0.1) is 0 Å². The van der Waals surface area contributed by atoms with E-state index >= 15 is 0 Å². The maximum atomic E-state index is 6.33. The molecule has 146 valence electrons. The first-order valence-electron chi connectivity index (χ1n) is 9.62. The molecule has 0 bridgehead atoms. The lowest BCUT2D eigenvalue weighted by Crippen LogP contribution is -2.47. The van der Waals surface area contributed by atoms with Gasteiger partial charge in [0, 0.05) is 40.4 Å². The molecule has 5 rings (SSSR count). The lowest BCUT2D eigenvalue weighted by atomic mass is 9.83. The van der Waals surface area contributed by atoms with Gasteiger partial charge in [0.15, 0.2) is 5.65 Å². The smallest absolute Gasteiger partial charge is 0.227 e. The van der Waals surface area contributed by atoms with E-state index in [0.717, 1.165) is 61.1 Å². The molecular formula is C19H24N8O. The molecule has 1 saturated heterocycles. The molecule has 0 N–H and O–H groups in total. The number of hydrogen-bond acceptors (Lipinski definition) is 8. The van der Waals surface area contributed by atoms with Crippen LogP contribution in [-0.4, -0.2) is 63.3 Å². The van der Waals surface area contributed by atoms with Crippen LogP contribution in [0.4, 0.5) is 11.9 Å². The number of imidazole rings is 1. The number of piperidine rings is 1. The minimum Gasteiger partial charge on any atom is -0.368 e. The van der Waals surface area contributed by atoms with Crippen molar-refractivity contribution >= 4 is 23.1 Å². The zero-order valence-corrected chi connectivity index (χ0v) is 16.5. The Hall–Kier alpha value is -2.81. The Bertz CT molecular complexity index is 1020. The van der Waals surface area contributed by atoms with Gasteiger partial charge in [-0.1, -0.05) is 0 Å². The molecular weight excluding hydrogens is 356 g/mol. The SMILES string of the molecule is CN(C)c1ncc2c(n1)C1(CCN(c3ncc4c(ncn4C)n3)CC1)OCC2. The van der Waals surface area contributed by atoms with E-state index in [0.29, 0.717) is 6.61 Å². The van der Waals surface area contributed by atoms with Crippen molar-refractivity contribution < 1.29 is 4.74 Å². The molecule has 9 nitrogen and oxygen atoms in total. The maximum Gasteiger partial charge on any atom is 0.227 e. The Labute approximate surface area is 163 Å². The lowest BCUT2D eigenvalue weighted by Gasteiger charge is -2.44. The molecule has 0 unspecified atom stereocenters. The fourth-order valence-electron chi connectivity index (χ4n) is 4.12. The van der Waals surface area contributed by atoms with Crippen LogP contribution in [0.25, 0.3) is 11.2 Å². The summed E-state index contributed by atoms with van der Waals surface area (Å²) >= 11 is 0. The third kappa shape index (κ3) is 2.69. The normalized spacial score (nSPS) is 18.5. The van der Waals surface area contributed by atoms with Crippen molar-refractivity contribution in [2.24, 2.45) is 7.05 Å². The van der Waals surface area contributed by atoms with Gasteiger partial charge in [0.05, 0.1) is 24.8 Å². The van der Waals surface area contributed by atoms with Gasteiger partial charge in [-0.05, 0) is 24.8 Å². The van der Waals surface area contributed by atoms with Gasteiger partial charge in [-0.15, -0.1) is 0 Å². The number of anilines is 2. The van der Waals surface area contributed by atoms with Crippen molar-refractivity contribution in [3.63, 3.8) is 0 Å². The molecule has 2 aliphatic rings. The summed E-state index contributed by atoms with van der Waals surface area (Å²) in [4.78, 5) is 27.0. The van der Waals surface area contributed by atoms with Gasteiger partial charge in [-0.25, -0.2) is 19.9 Å². The summed E-state index contributed by atoms with van der Waals surface area (Å²) in [5.74, 6) is 1.46. The van der Waals surface area contributed by atoms with Crippen molar-refractivity contribution in [1.29, 1.82) is 0 Å². The van der Waals surface area contributed by atoms with Gasteiger partial charge in [0.1, 0.15) is 11.1 Å². The highest BCUT2D eigenvalue weighted by Crippen LogP contribution is 2.41. The topological polar surface area (TPSA) is 85.1 Å². The quantitative estimate of drug-likeness (QED) is 0.657. The minimum atomic E-state index is -0.340. The predicted molar refractivity (Wildman–Crippen MR) is 105 cm³/mol. The van der Waals surface area contributed by atoms with E-state index in [1.54, 1.807) is 6.33 Å². The summed E-state index contributed by atoms with van der Waals surface area (Å²) < 4.78 is 8.26. The molecule has 1 fully saturated rings. The van der Waals surface area contributed by atoms with E-state index in [4.69, 9.17) is 9.72 Å². The second-order valence-electron chi connectivity index (χ2n) is 7.75. The van der Waals surface area contributed by atoms with Crippen LogP contribution in [0.2, 0.25) is 0 Å². The van der Waals surface area contributed by atoms with Crippen molar-refractivity contribution in [3.8, 4) is 0 Å². The number of aryl methyl sites for hydroxylation is 1. The fraction of sp³-hybridized carbons (Fsp3) is 0.526. The van der Waals surface area contributed by atoms with Gasteiger partial charge in [-0.3, -0.25) is 0 Å². The van der Waals surface area contributed by atoms with Crippen LogP contribution in [0.3, 0.4) is 0 Å². The Morgan fingerprint density at radius 2 is 1.89 bits per heavy atom. The maximum absolute atomic E-state index is 6.33. The predicted octanol–water partition coefficient (Wildman–Crippen LogP) is 1.29. The summed E-state index contributed by atoms with van der Waals surface area (Å²) in [6.07, 6.45) is 8.16. The lowest BCUT2D eigenvalue weighted by molar-refractivity contribution is -0.0802. The first-order chi connectivity index (χ1) is 13.6. The average molecular weight is 380 g/mol. The second-order valence-corrected chi connectivity index (χ2v) is 7.75. The second kappa shape index (κ2) is 6.37. The first-order valence-corrected chi connectivity index (χ1v) is 9.62. The number of hydrogen-bond donors (Lipinski definition) is 0. The van der Waals surface area contributed by atoms with Crippen LogP contribution >= 0.6 is 0 Å². The third-order valence-corrected chi connectivity index (χ3v) is 5.76. The largest absolute Gasteiger partial charge is 0.368 e. The monoisotopic (exact) mass is 380 g/mol. The molecule has 2 aliphatic heterocycles. The zero-order chi connectivity index (χ0) is 19.3. The molecule has 9 heteroatoms. The average Bonchev–Trinajstić information content (AvgIpc) is 3.09. The Morgan fingerprint density at radius 1 is 1.07 bits per heavy atom. The standard InChI is InChI=1S/C19H24N8O/c1-25(2)17-20-10-13-4-9-28-19(15(13)23-17)5-7-27(8-6-19)18-21-11-14-16(24-18)22-12-26(14)3/h10-12H,4-9H2,1-3H3. The highest BCUT2D eigenvalue weighted by atomic mass is 16.5. The summed E-state index contributed by atoms with van der Waals surface area (Å²) in [6.45, 7) is 2.35. The summed E-state index contributed by atoms with van der Waals surface area (Å²) in [5, 5.41) is 0. The fourth-order valence-corrected chi connectivity index (χ4v) is 4.12. The molecule has 5 heterocycles. The van der Waals surface area contributed by atoms with E-state index in [2.05, 4.69) is 24.8 Å². The third-order valence-electron chi connectivity index (χ3n) is 5.76. The highest BCUT2D eigenvalue weighted by molar-refractivity contribution is 5.70. The van der Waals surface area contributed by atoms with Gasteiger partial charge < -0.3 is 19.1 Å².